The highest BCUT2D eigenvalue weighted by Gasteiger charge is 2.02. The number of halogens is 1. The Balaban J connectivity index is 0.00000288. The van der Waals surface area contributed by atoms with Crippen molar-refractivity contribution >= 4 is 35.8 Å². The van der Waals surface area contributed by atoms with Gasteiger partial charge in [-0.2, -0.15) is 0 Å². The molecule has 2 aromatic heterocycles. The van der Waals surface area contributed by atoms with Crippen molar-refractivity contribution in [3.05, 3.63) is 54.0 Å². The molecule has 24 heavy (non-hydrogen) atoms. The highest BCUT2D eigenvalue weighted by atomic mass is 127. The molecule has 0 atom stereocenters. The normalized spacial score (nSPS) is 10.7. The molecule has 7 heteroatoms. The van der Waals surface area contributed by atoms with Crippen molar-refractivity contribution in [3.8, 4) is 0 Å². The Kier molecular flexibility index (Phi) is 9.06. The molecule has 2 heterocycles. The van der Waals surface area contributed by atoms with Crippen LogP contribution in [0.2, 0.25) is 0 Å². The Hall–Kier alpha value is -1.90. The minimum atomic E-state index is 0. The lowest BCUT2D eigenvalue weighted by molar-refractivity contribution is 0.783. The largest absolute Gasteiger partial charge is 0.363 e. The average Bonchev–Trinajstić information content (AvgIpc) is 2.59. The Labute approximate surface area is 160 Å². The van der Waals surface area contributed by atoms with Crippen molar-refractivity contribution in [2.24, 2.45) is 4.99 Å². The fourth-order valence-electron chi connectivity index (χ4n) is 2.08. The Morgan fingerprint density at radius 2 is 1.96 bits per heavy atom. The van der Waals surface area contributed by atoms with Gasteiger partial charge in [0, 0.05) is 58.7 Å². The first-order valence-corrected chi connectivity index (χ1v) is 7.65. The molecular weight excluding hydrogens is 415 g/mol. The molecule has 0 fully saturated rings. The highest BCUT2D eigenvalue weighted by Crippen LogP contribution is 2.09. The number of aliphatic imine (C=N–C) groups is 1. The first-order chi connectivity index (χ1) is 11.2. The number of nitrogens with zero attached hydrogens (tertiary/aromatic N) is 4. The van der Waals surface area contributed by atoms with Crippen molar-refractivity contribution in [2.75, 3.05) is 32.6 Å². The number of hydrogen-bond donors (Lipinski definition) is 2. The zero-order valence-corrected chi connectivity index (χ0v) is 16.7. The second-order valence-corrected chi connectivity index (χ2v) is 5.34. The van der Waals surface area contributed by atoms with E-state index in [4.69, 9.17) is 0 Å². The van der Waals surface area contributed by atoms with Crippen LogP contribution in [0.15, 0.2) is 47.7 Å². The van der Waals surface area contributed by atoms with E-state index in [0.717, 1.165) is 36.0 Å². The van der Waals surface area contributed by atoms with Crippen molar-refractivity contribution in [1.82, 2.24) is 20.6 Å². The lowest BCUT2D eigenvalue weighted by Gasteiger charge is -2.14. The quantitative estimate of drug-likeness (QED) is 0.409. The zero-order chi connectivity index (χ0) is 16.5. The summed E-state index contributed by atoms with van der Waals surface area (Å²) in [5, 5.41) is 6.61. The number of aromatic nitrogens is 2. The first-order valence-electron chi connectivity index (χ1n) is 7.65. The van der Waals surface area contributed by atoms with Crippen LogP contribution in [0.5, 0.6) is 0 Å². The topological polar surface area (TPSA) is 65.4 Å². The van der Waals surface area contributed by atoms with Crippen molar-refractivity contribution in [2.45, 2.75) is 13.0 Å². The predicted octanol–water partition coefficient (Wildman–Crippen LogP) is 2.07. The summed E-state index contributed by atoms with van der Waals surface area (Å²) in [6, 6.07) is 10.0. The number of nitrogens with one attached hydrogen (secondary N) is 2. The molecular formula is C17H25IN6. The predicted molar refractivity (Wildman–Crippen MR) is 110 cm³/mol. The lowest BCUT2D eigenvalue weighted by Crippen LogP contribution is -2.37. The molecule has 0 aliphatic rings. The molecule has 0 amide bonds. The maximum atomic E-state index is 4.31. The van der Waals surface area contributed by atoms with Crippen LogP contribution in [0.4, 0.5) is 5.82 Å². The lowest BCUT2D eigenvalue weighted by atomic mass is 10.2. The number of rotatable bonds is 6. The molecule has 0 aromatic carbocycles. The van der Waals surface area contributed by atoms with Crippen LogP contribution in [0.1, 0.15) is 11.3 Å². The van der Waals surface area contributed by atoms with Gasteiger partial charge in [0.15, 0.2) is 5.96 Å². The van der Waals surface area contributed by atoms with E-state index in [0.29, 0.717) is 6.54 Å². The van der Waals surface area contributed by atoms with E-state index in [1.165, 1.54) is 0 Å². The Morgan fingerprint density at radius 3 is 2.62 bits per heavy atom. The second-order valence-electron chi connectivity index (χ2n) is 5.34. The standard InChI is InChI=1S/C17H24N6.HI/c1-18-17(21-11-8-15-6-4-5-9-19-15)22-13-14-7-10-20-16(12-14)23(2)3;/h4-7,9-10,12H,8,11,13H2,1-3H3,(H2,18,21,22);1H. The molecule has 2 N–H and O–H groups in total. The van der Waals surface area contributed by atoms with Gasteiger partial charge in [-0.25, -0.2) is 4.98 Å². The molecule has 2 aromatic rings. The van der Waals surface area contributed by atoms with E-state index in [9.17, 15) is 0 Å². The smallest absolute Gasteiger partial charge is 0.191 e. The Bertz CT molecular complexity index is 630. The molecule has 0 bridgehead atoms. The van der Waals surface area contributed by atoms with Crippen LogP contribution in [0.3, 0.4) is 0 Å². The summed E-state index contributed by atoms with van der Waals surface area (Å²) in [6.07, 6.45) is 4.50. The summed E-state index contributed by atoms with van der Waals surface area (Å²) in [5.41, 5.74) is 2.23. The number of anilines is 1. The van der Waals surface area contributed by atoms with Gasteiger partial charge in [-0.05, 0) is 29.8 Å². The van der Waals surface area contributed by atoms with Gasteiger partial charge >= 0.3 is 0 Å². The maximum Gasteiger partial charge on any atom is 0.191 e. The van der Waals surface area contributed by atoms with E-state index in [1.807, 2.05) is 55.7 Å². The van der Waals surface area contributed by atoms with Gasteiger partial charge in [-0.3, -0.25) is 9.98 Å². The van der Waals surface area contributed by atoms with Crippen LogP contribution in [0.25, 0.3) is 0 Å². The molecule has 6 nitrogen and oxygen atoms in total. The molecule has 130 valence electrons. The molecule has 0 aliphatic carbocycles. The number of guanidine groups is 1. The third kappa shape index (κ3) is 6.69. The third-order valence-corrected chi connectivity index (χ3v) is 3.35. The minimum Gasteiger partial charge on any atom is -0.363 e. The number of hydrogen-bond acceptors (Lipinski definition) is 4. The zero-order valence-electron chi connectivity index (χ0n) is 14.4. The summed E-state index contributed by atoms with van der Waals surface area (Å²) in [6.45, 7) is 1.49. The van der Waals surface area contributed by atoms with Crippen molar-refractivity contribution in [3.63, 3.8) is 0 Å². The average molecular weight is 440 g/mol. The van der Waals surface area contributed by atoms with E-state index in [1.54, 1.807) is 7.05 Å². The van der Waals surface area contributed by atoms with Gasteiger partial charge in [-0.1, -0.05) is 6.07 Å². The van der Waals surface area contributed by atoms with Gasteiger partial charge in [0.1, 0.15) is 5.82 Å². The molecule has 0 radical (unpaired) electrons. The van der Waals surface area contributed by atoms with Gasteiger partial charge in [0.25, 0.3) is 0 Å². The molecule has 0 saturated heterocycles. The summed E-state index contributed by atoms with van der Waals surface area (Å²) in [7, 11) is 5.74. The third-order valence-electron chi connectivity index (χ3n) is 3.35. The molecule has 0 aliphatic heterocycles. The first kappa shape index (κ1) is 20.1. The van der Waals surface area contributed by atoms with Crippen LogP contribution in [-0.4, -0.2) is 43.6 Å². The van der Waals surface area contributed by atoms with Gasteiger partial charge in [-0.15, -0.1) is 24.0 Å². The highest BCUT2D eigenvalue weighted by molar-refractivity contribution is 14.0. The summed E-state index contributed by atoms with van der Waals surface area (Å²) < 4.78 is 0. The Morgan fingerprint density at radius 1 is 1.12 bits per heavy atom. The molecule has 2 rings (SSSR count). The van der Waals surface area contributed by atoms with E-state index < -0.39 is 0 Å². The van der Waals surface area contributed by atoms with Crippen LogP contribution >= 0.6 is 24.0 Å². The monoisotopic (exact) mass is 440 g/mol. The maximum absolute atomic E-state index is 4.31. The summed E-state index contributed by atoms with van der Waals surface area (Å²) >= 11 is 0. The van der Waals surface area contributed by atoms with Gasteiger partial charge < -0.3 is 15.5 Å². The van der Waals surface area contributed by atoms with Crippen LogP contribution < -0.4 is 15.5 Å². The van der Waals surface area contributed by atoms with E-state index in [-0.39, 0.29) is 24.0 Å². The fraction of sp³-hybridized carbons (Fsp3) is 0.353. The minimum absolute atomic E-state index is 0. The van der Waals surface area contributed by atoms with Crippen molar-refractivity contribution in [1.29, 1.82) is 0 Å². The fourth-order valence-corrected chi connectivity index (χ4v) is 2.08. The molecule has 0 saturated carbocycles. The van der Waals surface area contributed by atoms with Gasteiger partial charge in [0.2, 0.25) is 0 Å². The second kappa shape index (κ2) is 10.8. The molecule has 0 spiro atoms. The number of pyridine rings is 2. The van der Waals surface area contributed by atoms with Crippen molar-refractivity contribution < 1.29 is 0 Å². The van der Waals surface area contributed by atoms with Crippen LogP contribution in [-0.2, 0) is 13.0 Å². The van der Waals surface area contributed by atoms with E-state index >= 15 is 0 Å². The SMILES string of the molecule is CN=C(NCCc1ccccn1)NCc1ccnc(N(C)C)c1.I. The van der Waals surface area contributed by atoms with E-state index in [2.05, 4.69) is 31.7 Å². The van der Waals surface area contributed by atoms with Gasteiger partial charge in [0.05, 0.1) is 0 Å². The molecule has 0 unspecified atom stereocenters. The summed E-state index contributed by atoms with van der Waals surface area (Å²) in [4.78, 5) is 14.9. The summed E-state index contributed by atoms with van der Waals surface area (Å²) in [5.74, 6) is 1.73. The van der Waals surface area contributed by atoms with Crippen LogP contribution in [0, 0.1) is 0 Å².